The van der Waals surface area contributed by atoms with Crippen LogP contribution in [-0.4, -0.2) is 24.8 Å². The van der Waals surface area contributed by atoms with Gasteiger partial charge >= 0.3 is 0 Å². The van der Waals surface area contributed by atoms with Crippen molar-refractivity contribution in [1.29, 1.82) is 0 Å². The van der Waals surface area contributed by atoms with E-state index in [1.54, 1.807) is 45.3 Å². The fraction of sp³-hybridized carbons (Fsp3) is 0.500. The monoisotopic (exact) mass is 1320 g/mol. The van der Waals surface area contributed by atoms with Crippen molar-refractivity contribution in [3.63, 3.8) is 0 Å². The van der Waals surface area contributed by atoms with Crippen molar-refractivity contribution in [2.75, 3.05) is 13.2 Å². The molecule has 0 aliphatic heterocycles. The lowest BCUT2D eigenvalue weighted by molar-refractivity contribution is 0.0980. The van der Waals surface area contributed by atoms with Crippen molar-refractivity contribution >= 4 is 99.8 Å². The summed E-state index contributed by atoms with van der Waals surface area (Å²) in [5.74, 6) is 3.88. The van der Waals surface area contributed by atoms with Crippen molar-refractivity contribution in [3.05, 3.63) is 127 Å². The molecule has 4 nitrogen and oxygen atoms in total. The van der Waals surface area contributed by atoms with Gasteiger partial charge in [0, 0.05) is 81.4 Å². The molecule has 0 saturated carbocycles. The molecular formula is C80H100O4S6. The van der Waals surface area contributed by atoms with Crippen molar-refractivity contribution in [2.45, 2.75) is 223 Å². The second-order valence-electron chi connectivity index (χ2n) is 27.9. The molecule has 0 N–H and O–H groups in total. The lowest BCUT2D eigenvalue weighted by Gasteiger charge is -2.19. The number of ketones is 2. The molecule has 3 aromatic carbocycles. The summed E-state index contributed by atoms with van der Waals surface area (Å²) in [7, 11) is 0. The van der Waals surface area contributed by atoms with Crippen molar-refractivity contribution in [2.24, 2.45) is 23.7 Å². The first-order valence-electron chi connectivity index (χ1n) is 34.5. The Balaban J connectivity index is 1.16. The fourth-order valence-corrected chi connectivity index (χ4v) is 20.9. The van der Waals surface area contributed by atoms with E-state index in [1.807, 2.05) is 22.7 Å². The minimum Gasteiger partial charge on any atom is -0.493 e. The van der Waals surface area contributed by atoms with Crippen LogP contribution in [0.25, 0.3) is 71.7 Å². The third-order valence-electron chi connectivity index (χ3n) is 19.0. The van der Waals surface area contributed by atoms with E-state index >= 15 is 9.59 Å². The number of thiophene rings is 6. The summed E-state index contributed by atoms with van der Waals surface area (Å²) in [4.78, 5) is 43.4. The van der Waals surface area contributed by atoms with E-state index in [9.17, 15) is 0 Å². The summed E-state index contributed by atoms with van der Waals surface area (Å²) in [6.07, 6.45) is 20.1. The Labute approximate surface area is 564 Å². The van der Waals surface area contributed by atoms with Gasteiger partial charge in [-0.2, -0.15) is 0 Å². The van der Waals surface area contributed by atoms with Crippen LogP contribution in [0.3, 0.4) is 0 Å². The summed E-state index contributed by atoms with van der Waals surface area (Å²) in [6, 6.07) is 31.7. The molecule has 4 atom stereocenters. The molecule has 0 bridgehead atoms. The maximum Gasteiger partial charge on any atom is 0.197 e. The van der Waals surface area contributed by atoms with Gasteiger partial charge in [0.2, 0.25) is 0 Å². The minimum absolute atomic E-state index is 0.0460. The van der Waals surface area contributed by atoms with Crippen LogP contribution in [0.4, 0.5) is 0 Å². The average Bonchev–Trinajstić information content (AvgIpc) is 1.55. The van der Waals surface area contributed by atoms with Gasteiger partial charge in [-0.25, -0.2) is 0 Å². The molecule has 10 heteroatoms. The van der Waals surface area contributed by atoms with Crippen LogP contribution in [0.5, 0.6) is 11.5 Å². The van der Waals surface area contributed by atoms with E-state index in [1.165, 1.54) is 97.3 Å². The first-order chi connectivity index (χ1) is 43.4. The molecule has 9 aromatic rings. The maximum atomic E-state index is 16.2. The predicted octanol–water partition coefficient (Wildman–Crippen LogP) is 26.8. The van der Waals surface area contributed by atoms with Crippen LogP contribution in [-0.2, 0) is 23.7 Å². The molecule has 0 amide bonds. The number of benzene rings is 3. The zero-order valence-corrected chi connectivity index (χ0v) is 61.5. The van der Waals surface area contributed by atoms with Gasteiger partial charge in [0.15, 0.2) is 11.6 Å². The van der Waals surface area contributed by atoms with Gasteiger partial charge in [-0.1, -0.05) is 211 Å². The van der Waals surface area contributed by atoms with E-state index < -0.39 is 0 Å². The van der Waals surface area contributed by atoms with Crippen LogP contribution in [0.2, 0.25) is 0 Å². The Bertz CT molecular complexity index is 3790. The van der Waals surface area contributed by atoms with Gasteiger partial charge in [0.1, 0.15) is 11.5 Å². The van der Waals surface area contributed by atoms with Gasteiger partial charge in [-0.3, -0.25) is 9.59 Å². The van der Waals surface area contributed by atoms with Crippen molar-refractivity contribution in [1.82, 2.24) is 0 Å². The van der Waals surface area contributed by atoms with E-state index in [-0.39, 0.29) is 22.4 Å². The Morgan fingerprint density at radius 3 is 1.28 bits per heavy atom. The fourth-order valence-electron chi connectivity index (χ4n) is 13.2. The number of ether oxygens (including phenoxy) is 2. The molecule has 6 heterocycles. The number of carbonyl (C=O) groups is 2. The molecule has 0 fully saturated rings. The molecule has 90 heavy (non-hydrogen) atoms. The van der Waals surface area contributed by atoms with Crippen LogP contribution in [0.15, 0.2) is 84.9 Å². The number of carbonyl (C=O) groups excluding carboxylic acids is 2. The van der Waals surface area contributed by atoms with Crippen LogP contribution >= 0.6 is 68.0 Å². The Morgan fingerprint density at radius 1 is 0.389 bits per heavy atom. The first-order valence-corrected chi connectivity index (χ1v) is 39.4. The average molecular weight is 1320 g/mol. The van der Waals surface area contributed by atoms with E-state index in [0.29, 0.717) is 59.1 Å². The Hall–Kier alpha value is -4.68. The summed E-state index contributed by atoms with van der Waals surface area (Å²) in [5, 5.41) is 2.48. The molecule has 0 spiro atoms. The largest absolute Gasteiger partial charge is 0.493 e. The molecule has 10 rings (SSSR count). The lowest BCUT2D eigenvalue weighted by atomic mass is 9.81. The topological polar surface area (TPSA) is 52.6 Å². The summed E-state index contributed by atoms with van der Waals surface area (Å²) in [6.45, 7) is 33.5. The van der Waals surface area contributed by atoms with Gasteiger partial charge < -0.3 is 9.47 Å². The van der Waals surface area contributed by atoms with Gasteiger partial charge in [-0.05, 0) is 132 Å². The summed E-state index contributed by atoms with van der Waals surface area (Å²) < 4.78 is 16.0. The van der Waals surface area contributed by atoms with Crippen LogP contribution in [0, 0.1) is 23.7 Å². The van der Waals surface area contributed by atoms with Crippen LogP contribution < -0.4 is 9.47 Å². The zero-order valence-electron chi connectivity index (χ0n) is 56.6. The summed E-state index contributed by atoms with van der Waals surface area (Å²) >= 11 is 10.8. The number of fused-ring (bicyclic) bond motifs is 4. The molecule has 6 aromatic heterocycles. The first kappa shape index (κ1) is 68.2. The number of hydrogen-bond acceptors (Lipinski definition) is 10. The van der Waals surface area contributed by atoms with Crippen LogP contribution in [0.1, 0.15) is 251 Å². The third kappa shape index (κ3) is 14.8. The molecule has 1 aliphatic carbocycles. The highest BCUT2D eigenvalue weighted by Crippen LogP contribution is 2.56. The smallest absolute Gasteiger partial charge is 0.197 e. The minimum atomic E-state index is -0.0690. The molecular weight excluding hydrogens is 1220 g/mol. The predicted molar refractivity (Wildman–Crippen MR) is 398 cm³/mol. The lowest BCUT2D eigenvalue weighted by Crippen LogP contribution is -2.22. The molecule has 0 radical (unpaired) electrons. The maximum absolute atomic E-state index is 16.2. The van der Waals surface area contributed by atoms with E-state index in [2.05, 4.69) is 182 Å². The molecule has 0 saturated heterocycles. The van der Waals surface area contributed by atoms with E-state index in [0.717, 1.165) is 121 Å². The summed E-state index contributed by atoms with van der Waals surface area (Å²) in [5.41, 5.74) is 7.33. The van der Waals surface area contributed by atoms with Crippen molar-refractivity contribution < 1.29 is 19.1 Å². The highest BCUT2D eigenvalue weighted by Gasteiger charge is 2.42. The van der Waals surface area contributed by atoms with Gasteiger partial charge in [0.05, 0.1) is 34.1 Å². The molecule has 4 unspecified atom stereocenters. The highest BCUT2D eigenvalue weighted by molar-refractivity contribution is 7.30. The zero-order chi connectivity index (χ0) is 64.0. The van der Waals surface area contributed by atoms with E-state index in [4.69, 9.17) is 9.47 Å². The number of unbranched alkanes of at least 4 members (excludes halogenated alkanes) is 4. The molecule has 1 aliphatic rings. The Morgan fingerprint density at radius 2 is 0.822 bits per heavy atom. The quantitative estimate of drug-likeness (QED) is 0.0435. The van der Waals surface area contributed by atoms with Crippen molar-refractivity contribution in [3.8, 4) is 63.0 Å². The number of rotatable bonds is 31. The third-order valence-corrected chi connectivity index (χ3v) is 27.4. The second-order valence-corrected chi connectivity index (χ2v) is 34.4. The standard InChI is InChI=1S/C80H100O4S6/c1-15-23-29-49(19-5)41-63-69-70(64(86-63)42-50(20-6)30-24-16-2)74(82)72-71(73(69)81)77(90-78(72)61-39-40-65(87-61)79(9,10)11)60-38-37-59(85-60)62-45-57-67(53-33-27-35-55(43-53)83-47-51(21-7)31-25-17-3)76-58(46-66(89-76)80(12,13)14)68(75(57)88-62)54-34-28-36-56(44-54)84-48-52(22-8)32-26-18-4/h27-28,33-40,43-46,49-52H,15-26,29-32,41-42,47-48H2,1-14H3. The second kappa shape index (κ2) is 30.2. The normalized spacial score (nSPS) is 14.2. The van der Waals surface area contributed by atoms with Gasteiger partial charge in [0.25, 0.3) is 0 Å². The Kier molecular flexibility index (Phi) is 22.8. The SMILES string of the molecule is CCCCC(CC)COc1cccc(-c2c3cc(C(C)(C)C)sc3c(-c3cccc(OCC(CC)CCCC)c3)c3cc(-c4ccc(-c5sc(-c6ccc(C(C)(C)C)s6)c6c5C(=O)c5c(CC(CC)CCCC)sc(CC(CC)CCCC)c5C6=O)s4)sc23)c1. The number of hydrogen-bond donors (Lipinski definition) is 0. The highest BCUT2D eigenvalue weighted by atomic mass is 32.1. The van der Waals surface area contributed by atoms with Gasteiger partial charge in [-0.15, -0.1) is 68.0 Å². The molecule has 480 valence electrons.